The first-order chi connectivity index (χ1) is 12.3. The second-order valence-electron chi connectivity index (χ2n) is 6.04. The van der Waals surface area contributed by atoms with Gasteiger partial charge in [-0.1, -0.05) is 55.8 Å². The van der Waals surface area contributed by atoms with Crippen LogP contribution in [0.2, 0.25) is 0 Å². The summed E-state index contributed by atoms with van der Waals surface area (Å²) in [6, 6.07) is 17.3. The van der Waals surface area contributed by atoms with Gasteiger partial charge in [0.25, 0.3) is 5.91 Å². The number of benzene rings is 2. The highest BCUT2D eigenvalue weighted by Gasteiger charge is 2.24. The average molecular weight is 341 g/mol. The number of para-hydroxylation sites is 2. The fourth-order valence-corrected chi connectivity index (χ4v) is 2.80. The van der Waals surface area contributed by atoms with Crippen molar-refractivity contribution >= 4 is 11.6 Å². The molecule has 134 valence electrons. The highest BCUT2D eigenvalue weighted by atomic mass is 16.5. The Hall–Kier alpha value is -2.33. The summed E-state index contributed by atoms with van der Waals surface area (Å²) in [6.45, 7) is 5.63. The Morgan fingerprint density at radius 3 is 2.48 bits per heavy atom. The molecule has 2 aromatic carbocycles. The molecule has 0 heterocycles. The summed E-state index contributed by atoms with van der Waals surface area (Å²) in [5.41, 5.74) is 1.74. The van der Waals surface area contributed by atoms with Gasteiger partial charge in [-0.05, 0) is 31.9 Å². The van der Waals surface area contributed by atoms with Crippen LogP contribution in [0.1, 0.15) is 44.7 Å². The van der Waals surface area contributed by atoms with Crippen molar-refractivity contribution in [2.75, 3.05) is 18.5 Å². The Morgan fingerprint density at radius 2 is 1.76 bits per heavy atom. The quantitative estimate of drug-likeness (QED) is 0.650. The monoisotopic (exact) mass is 341 g/mol. The number of amides is 1. The number of ether oxygens (including phenoxy) is 1. The molecular weight excluding hydrogens is 312 g/mol. The van der Waals surface area contributed by atoms with E-state index in [1.807, 2.05) is 61.5 Å². The molecule has 0 unspecified atom stereocenters. The Morgan fingerprint density at radius 1 is 1.04 bits per heavy atom. The van der Waals surface area contributed by atoms with Crippen molar-refractivity contribution in [2.24, 2.45) is 0 Å². The zero-order valence-corrected chi connectivity index (χ0v) is 15.2. The van der Waals surface area contributed by atoms with E-state index in [9.17, 15) is 4.79 Å². The van der Waals surface area contributed by atoms with Crippen molar-refractivity contribution in [2.45, 2.75) is 39.2 Å². The number of rotatable bonds is 10. The minimum Gasteiger partial charge on any atom is -0.492 e. The molecule has 1 atom stereocenters. The normalized spacial score (nSPS) is 11.8. The number of hydrogen-bond acceptors (Lipinski definition) is 2. The summed E-state index contributed by atoms with van der Waals surface area (Å²) in [5.74, 6) is 0.686. The molecule has 0 spiro atoms. The first-order valence-electron chi connectivity index (χ1n) is 9.17. The van der Waals surface area contributed by atoms with Crippen LogP contribution >= 0.6 is 0 Å². The maximum Gasteiger partial charge on any atom is 0.287 e. The predicted octanol–water partition coefficient (Wildman–Crippen LogP) is 3.52. The lowest BCUT2D eigenvalue weighted by molar-refractivity contribution is -0.682. The molecule has 4 nitrogen and oxygen atoms in total. The van der Waals surface area contributed by atoms with E-state index in [4.69, 9.17) is 4.74 Å². The van der Waals surface area contributed by atoms with Gasteiger partial charge in [0.1, 0.15) is 5.75 Å². The minimum absolute atomic E-state index is 0.0187. The summed E-state index contributed by atoms with van der Waals surface area (Å²) in [5, 5.41) is 5.17. The van der Waals surface area contributed by atoms with Gasteiger partial charge in [-0.25, -0.2) is 0 Å². The maximum atomic E-state index is 12.9. The van der Waals surface area contributed by atoms with Gasteiger partial charge >= 0.3 is 0 Å². The molecule has 0 saturated carbocycles. The van der Waals surface area contributed by atoms with Gasteiger partial charge in [0.15, 0.2) is 6.04 Å². The van der Waals surface area contributed by atoms with E-state index < -0.39 is 0 Å². The molecule has 0 aliphatic carbocycles. The summed E-state index contributed by atoms with van der Waals surface area (Å²) in [4.78, 5) is 12.9. The van der Waals surface area contributed by atoms with E-state index in [1.54, 1.807) is 0 Å². The van der Waals surface area contributed by atoms with Crippen molar-refractivity contribution in [1.82, 2.24) is 0 Å². The highest BCUT2D eigenvalue weighted by Crippen LogP contribution is 2.24. The molecule has 25 heavy (non-hydrogen) atoms. The van der Waals surface area contributed by atoms with Gasteiger partial charge in [-0.2, -0.15) is 0 Å². The highest BCUT2D eigenvalue weighted by molar-refractivity contribution is 5.95. The number of carbonyl (C=O) groups is 1. The molecule has 3 N–H and O–H groups in total. The van der Waals surface area contributed by atoms with Crippen LogP contribution in [0.4, 0.5) is 5.69 Å². The Labute approximate surface area is 150 Å². The minimum atomic E-state index is -0.257. The van der Waals surface area contributed by atoms with Gasteiger partial charge in [-0.15, -0.1) is 0 Å². The van der Waals surface area contributed by atoms with Crippen molar-refractivity contribution in [3.8, 4) is 5.75 Å². The van der Waals surface area contributed by atoms with Gasteiger partial charge in [0.05, 0.1) is 18.8 Å². The van der Waals surface area contributed by atoms with Crippen LogP contribution < -0.4 is 15.4 Å². The van der Waals surface area contributed by atoms with E-state index in [-0.39, 0.29) is 11.9 Å². The van der Waals surface area contributed by atoms with E-state index in [2.05, 4.69) is 17.6 Å². The summed E-state index contributed by atoms with van der Waals surface area (Å²) in [7, 11) is 0. The Bertz CT molecular complexity index is 643. The maximum absolute atomic E-state index is 12.9. The van der Waals surface area contributed by atoms with E-state index in [1.165, 1.54) is 12.8 Å². The first kappa shape index (κ1) is 19.0. The summed E-state index contributed by atoms with van der Waals surface area (Å²) < 4.78 is 5.61. The van der Waals surface area contributed by atoms with Gasteiger partial charge in [0, 0.05) is 5.56 Å². The van der Waals surface area contributed by atoms with Crippen LogP contribution in [0.15, 0.2) is 54.6 Å². The fraction of sp³-hybridized carbons (Fsp3) is 0.381. The summed E-state index contributed by atoms with van der Waals surface area (Å²) in [6.07, 6.45) is 3.48. The molecule has 4 heteroatoms. The molecule has 0 aliphatic heterocycles. The molecule has 0 aliphatic rings. The third-order valence-corrected chi connectivity index (χ3v) is 4.10. The van der Waals surface area contributed by atoms with Gasteiger partial charge in [-0.3, -0.25) is 4.79 Å². The molecular formula is C21H29N2O2+. The average Bonchev–Trinajstić information content (AvgIpc) is 2.64. The zero-order valence-electron chi connectivity index (χ0n) is 15.2. The van der Waals surface area contributed by atoms with Gasteiger partial charge < -0.3 is 15.4 Å². The third kappa shape index (κ3) is 5.91. The topological polar surface area (TPSA) is 54.9 Å². The van der Waals surface area contributed by atoms with Crippen LogP contribution in [0.25, 0.3) is 0 Å². The predicted molar refractivity (Wildman–Crippen MR) is 102 cm³/mol. The molecule has 2 rings (SSSR count). The molecule has 2 aromatic rings. The van der Waals surface area contributed by atoms with Crippen LogP contribution in [-0.4, -0.2) is 19.1 Å². The first-order valence-corrected chi connectivity index (χ1v) is 9.17. The standard InChI is InChI=1S/C21H28N2O2/c1-3-5-11-16-22-20(17-12-7-6-8-13-17)21(24)23-18-14-9-10-15-19(18)25-4-2/h6-10,12-15,20,22H,3-5,11,16H2,1-2H3,(H,23,24)/p+1/t20-/m0/s1. The SMILES string of the molecule is CCCCC[NH2+][C@H](C(=O)Nc1ccccc1OCC)c1ccccc1. The Balaban J connectivity index is 2.12. The van der Waals surface area contributed by atoms with Crippen molar-refractivity contribution in [1.29, 1.82) is 0 Å². The number of hydrogen-bond donors (Lipinski definition) is 2. The second kappa shape index (κ2) is 10.5. The number of quaternary nitrogens is 1. The van der Waals surface area contributed by atoms with Crippen molar-refractivity contribution in [3.63, 3.8) is 0 Å². The third-order valence-electron chi connectivity index (χ3n) is 4.10. The molecule has 0 aromatic heterocycles. The van der Waals surface area contributed by atoms with E-state index in [0.29, 0.717) is 12.4 Å². The van der Waals surface area contributed by atoms with E-state index in [0.717, 1.165) is 24.2 Å². The molecule has 0 fully saturated rings. The molecule has 0 bridgehead atoms. The zero-order chi connectivity index (χ0) is 17.9. The molecule has 1 amide bonds. The number of carbonyl (C=O) groups excluding carboxylic acids is 1. The fourth-order valence-electron chi connectivity index (χ4n) is 2.80. The molecule has 0 saturated heterocycles. The largest absolute Gasteiger partial charge is 0.492 e. The van der Waals surface area contributed by atoms with Gasteiger partial charge in [0.2, 0.25) is 0 Å². The number of anilines is 1. The van der Waals surface area contributed by atoms with Crippen LogP contribution in [0, 0.1) is 0 Å². The van der Waals surface area contributed by atoms with Crippen LogP contribution in [0.5, 0.6) is 5.75 Å². The summed E-state index contributed by atoms with van der Waals surface area (Å²) >= 11 is 0. The number of nitrogens with one attached hydrogen (secondary N) is 1. The lowest BCUT2D eigenvalue weighted by Crippen LogP contribution is -2.87. The van der Waals surface area contributed by atoms with Crippen molar-refractivity contribution in [3.05, 3.63) is 60.2 Å². The van der Waals surface area contributed by atoms with E-state index >= 15 is 0 Å². The molecule has 0 radical (unpaired) electrons. The smallest absolute Gasteiger partial charge is 0.287 e. The number of unbranched alkanes of at least 4 members (excludes halogenated alkanes) is 2. The second-order valence-corrected chi connectivity index (χ2v) is 6.04. The van der Waals surface area contributed by atoms with Crippen LogP contribution in [-0.2, 0) is 4.79 Å². The lowest BCUT2D eigenvalue weighted by atomic mass is 10.1. The number of nitrogens with two attached hydrogens (primary N) is 1. The van der Waals surface area contributed by atoms with Crippen molar-refractivity contribution < 1.29 is 14.8 Å². The van der Waals surface area contributed by atoms with Crippen LogP contribution in [0.3, 0.4) is 0 Å². The Kier molecular flexibility index (Phi) is 7.99. The lowest BCUT2D eigenvalue weighted by Gasteiger charge is -2.17.